The normalized spacial score (nSPS) is 16.1. The number of carbonyl (C=O) groups excluding carboxylic acids is 1. The minimum Gasteiger partial charge on any atom is -0.481 e. The minimum atomic E-state index is -4.80. The molecule has 1 N–H and O–H groups in total. The number of nitrogens with zero attached hydrogens (tertiary/aromatic N) is 1. The highest BCUT2D eigenvalue weighted by Gasteiger charge is 2.34. The van der Waals surface area contributed by atoms with E-state index in [2.05, 4.69) is 0 Å². The van der Waals surface area contributed by atoms with Crippen molar-refractivity contribution < 1.29 is 32.3 Å². The van der Waals surface area contributed by atoms with Crippen molar-refractivity contribution in [1.82, 2.24) is 4.90 Å². The highest BCUT2D eigenvalue weighted by atomic mass is 32.2. The Labute approximate surface area is 175 Å². The predicted molar refractivity (Wildman–Crippen MR) is 107 cm³/mol. The SMILES string of the molecule is O=C(O)CCN1C(=O)/C(=C/c2cc(-c3ccc(F)c(C(F)(F)F)c3)cs2)SC1=S. The molecule has 2 heterocycles. The topological polar surface area (TPSA) is 57.6 Å². The summed E-state index contributed by atoms with van der Waals surface area (Å²) in [6.45, 7) is -0.0389. The van der Waals surface area contributed by atoms with Gasteiger partial charge in [0, 0.05) is 11.4 Å². The Bertz CT molecular complexity index is 1030. The zero-order valence-corrected chi connectivity index (χ0v) is 16.8. The number of alkyl halides is 3. The van der Waals surface area contributed by atoms with Gasteiger partial charge in [-0.2, -0.15) is 13.2 Å². The number of halogens is 4. The summed E-state index contributed by atoms with van der Waals surface area (Å²) in [5.74, 6) is -2.82. The van der Waals surface area contributed by atoms with Crippen molar-refractivity contribution in [2.24, 2.45) is 0 Å². The first kappa shape index (κ1) is 21.5. The van der Waals surface area contributed by atoms with Crippen molar-refractivity contribution in [3.63, 3.8) is 0 Å². The summed E-state index contributed by atoms with van der Waals surface area (Å²) < 4.78 is 52.4. The van der Waals surface area contributed by atoms with Crippen LogP contribution in [-0.2, 0) is 15.8 Å². The number of benzene rings is 1. The molecule has 0 unspecified atom stereocenters. The zero-order valence-electron chi connectivity index (χ0n) is 14.3. The molecular formula is C18H11F4NO3S3. The number of carboxylic acid groups (broad SMARTS) is 1. The second-order valence-electron chi connectivity index (χ2n) is 5.91. The second-order valence-corrected chi connectivity index (χ2v) is 8.53. The molecule has 1 aliphatic heterocycles. The molecule has 152 valence electrons. The number of aliphatic carboxylic acids is 1. The maximum Gasteiger partial charge on any atom is 0.419 e. The van der Waals surface area contributed by atoms with Gasteiger partial charge in [0.05, 0.1) is 16.9 Å². The highest BCUT2D eigenvalue weighted by molar-refractivity contribution is 8.26. The molecule has 29 heavy (non-hydrogen) atoms. The van der Waals surface area contributed by atoms with Gasteiger partial charge < -0.3 is 5.11 Å². The van der Waals surface area contributed by atoms with E-state index in [9.17, 15) is 27.2 Å². The Morgan fingerprint density at radius 1 is 1.24 bits per heavy atom. The third-order valence-electron chi connectivity index (χ3n) is 3.92. The molecule has 1 aromatic carbocycles. The van der Waals surface area contributed by atoms with E-state index < -0.39 is 29.4 Å². The molecule has 0 spiro atoms. The first-order chi connectivity index (χ1) is 13.6. The van der Waals surface area contributed by atoms with Gasteiger partial charge in [-0.05, 0) is 40.8 Å². The maximum absolute atomic E-state index is 13.5. The number of hydrogen-bond donors (Lipinski definition) is 1. The van der Waals surface area contributed by atoms with Crippen molar-refractivity contribution in [1.29, 1.82) is 0 Å². The molecule has 3 rings (SSSR count). The minimum absolute atomic E-state index is 0.0389. The molecule has 1 aromatic heterocycles. The van der Waals surface area contributed by atoms with Gasteiger partial charge in [-0.3, -0.25) is 14.5 Å². The maximum atomic E-state index is 13.5. The summed E-state index contributed by atoms with van der Waals surface area (Å²) in [7, 11) is 0. The monoisotopic (exact) mass is 461 g/mol. The Kier molecular flexibility index (Phi) is 6.11. The van der Waals surface area contributed by atoms with E-state index in [-0.39, 0.29) is 22.8 Å². The van der Waals surface area contributed by atoms with Crippen molar-refractivity contribution in [3.05, 3.63) is 50.8 Å². The van der Waals surface area contributed by atoms with Crippen LogP contribution in [0.1, 0.15) is 16.9 Å². The molecule has 1 amide bonds. The lowest BCUT2D eigenvalue weighted by Crippen LogP contribution is -2.30. The Morgan fingerprint density at radius 3 is 2.62 bits per heavy atom. The summed E-state index contributed by atoms with van der Waals surface area (Å²) in [6.07, 6.45) is -3.50. The Balaban J connectivity index is 1.83. The first-order valence-corrected chi connectivity index (χ1v) is 10.1. The number of carbonyl (C=O) groups is 2. The molecular weight excluding hydrogens is 450 g/mol. The molecule has 0 aliphatic carbocycles. The number of hydrogen-bond acceptors (Lipinski definition) is 5. The van der Waals surface area contributed by atoms with Crippen LogP contribution < -0.4 is 0 Å². The molecule has 0 saturated carbocycles. The predicted octanol–water partition coefficient (Wildman–Crippen LogP) is 5.25. The van der Waals surface area contributed by atoms with E-state index in [0.29, 0.717) is 15.3 Å². The Hall–Kier alpha value is -2.24. The average Bonchev–Trinajstić information content (AvgIpc) is 3.18. The first-order valence-electron chi connectivity index (χ1n) is 7.99. The highest BCUT2D eigenvalue weighted by Crippen LogP contribution is 2.37. The van der Waals surface area contributed by atoms with Crippen LogP contribution in [0.15, 0.2) is 34.6 Å². The smallest absolute Gasteiger partial charge is 0.419 e. The van der Waals surface area contributed by atoms with Crippen molar-refractivity contribution in [2.75, 3.05) is 6.54 Å². The summed E-state index contributed by atoms with van der Waals surface area (Å²) >= 11 is 7.33. The van der Waals surface area contributed by atoms with Crippen LogP contribution in [0, 0.1) is 5.82 Å². The number of thiocarbonyl (C=S) groups is 1. The van der Waals surface area contributed by atoms with Crippen LogP contribution in [-0.4, -0.2) is 32.7 Å². The van der Waals surface area contributed by atoms with Crippen LogP contribution in [0.4, 0.5) is 17.6 Å². The lowest BCUT2D eigenvalue weighted by molar-refractivity contribution is -0.140. The van der Waals surface area contributed by atoms with Crippen LogP contribution in [0.25, 0.3) is 17.2 Å². The molecule has 1 aliphatic rings. The molecule has 11 heteroatoms. The third-order valence-corrected chi connectivity index (χ3v) is 6.18. The molecule has 2 aromatic rings. The van der Waals surface area contributed by atoms with Gasteiger partial charge in [-0.25, -0.2) is 4.39 Å². The molecule has 4 nitrogen and oxygen atoms in total. The number of thioether (sulfide) groups is 1. The van der Waals surface area contributed by atoms with Gasteiger partial charge in [0.15, 0.2) is 0 Å². The van der Waals surface area contributed by atoms with E-state index in [1.807, 2.05) is 0 Å². The van der Waals surface area contributed by atoms with Gasteiger partial charge in [0.25, 0.3) is 5.91 Å². The Morgan fingerprint density at radius 2 is 1.97 bits per heavy atom. The number of rotatable bonds is 5. The van der Waals surface area contributed by atoms with E-state index in [1.54, 1.807) is 17.5 Å². The molecule has 1 fully saturated rings. The zero-order chi connectivity index (χ0) is 21.3. The van der Waals surface area contributed by atoms with Crippen molar-refractivity contribution >= 4 is 57.6 Å². The van der Waals surface area contributed by atoms with E-state index in [0.717, 1.165) is 23.9 Å². The summed E-state index contributed by atoms with van der Waals surface area (Å²) in [6, 6.07) is 4.35. The van der Waals surface area contributed by atoms with Crippen LogP contribution in [0.2, 0.25) is 0 Å². The summed E-state index contributed by atoms with van der Waals surface area (Å²) in [4.78, 5) is 25.2. The van der Waals surface area contributed by atoms with Gasteiger partial charge in [0.2, 0.25) is 0 Å². The van der Waals surface area contributed by atoms with Crippen molar-refractivity contribution in [2.45, 2.75) is 12.6 Å². The van der Waals surface area contributed by atoms with Gasteiger partial charge in [0.1, 0.15) is 10.1 Å². The van der Waals surface area contributed by atoms with E-state index in [1.165, 1.54) is 22.3 Å². The summed E-state index contributed by atoms with van der Waals surface area (Å²) in [5.41, 5.74) is -0.696. The van der Waals surface area contributed by atoms with E-state index in [4.69, 9.17) is 17.3 Å². The van der Waals surface area contributed by atoms with Crippen LogP contribution >= 0.6 is 35.3 Å². The van der Waals surface area contributed by atoms with Crippen LogP contribution in [0.5, 0.6) is 0 Å². The van der Waals surface area contributed by atoms with Crippen LogP contribution in [0.3, 0.4) is 0 Å². The fourth-order valence-electron chi connectivity index (χ4n) is 2.53. The molecule has 0 bridgehead atoms. The number of amides is 1. The number of thiophene rings is 1. The molecule has 0 atom stereocenters. The van der Waals surface area contributed by atoms with Crippen molar-refractivity contribution in [3.8, 4) is 11.1 Å². The molecule has 0 radical (unpaired) electrons. The third kappa shape index (κ3) is 4.85. The van der Waals surface area contributed by atoms with Gasteiger partial charge in [-0.1, -0.05) is 30.0 Å². The number of carboxylic acids is 1. The van der Waals surface area contributed by atoms with E-state index >= 15 is 0 Å². The fraction of sp³-hybridized carbons (Fsp3) is 0.167. The lowest BCUT2D eigenvalue weighted by Gasteiger charge is -2.12. The lowest BCUT2D eigenvalue weighted by atomic mass is 10.0. The quantitative estimate of drug-likeness (QED) is 0.375. The van der Waals surface area contributed by atoms with Gasteiger partial charge in [-0.15, -0.1) is 11.3 Å². The average molecular weight is 461 g/mol. The second kappa shape index (κ2) is 8.25. The summed E-state index contributed by atoms with van der Waals surface area (Å²) in [5, 5.41) is 10.4. The fourth-order valence-corrected chi connectivity index (χ4v) is 4.75. The largest absolute Gasteiger partial charge is 0.481 e. The standard InChI is InChI=1S/C18H11F4NO3S3/c19-13-2-1-9(6-12(13)18(20,21)22)10-5-11(28-8-10)7-14-16(26)23(17(27)29-14)4-3-15(24)25/h1-2,5-8H,3-4H2,(H,24,25)/b14-7-. The van der Waals surface area contributed by atoms with Gasteiger partial charge >= 0.3 is 12.1 Å². The molecule has 1 saturated heterocycles.